The molecule has 32 heavy (non-hydrogen) atoms. The van der Waals surface area contributed by atoms with Gasteiger partial charge in [0, 0.05) is 25.2 Å². The molecule has 0 bridgehead atoms. The molecular formula is C22H29FIN5O3. The van der Waals surface area contributed by atoms with Crippen LogP contribution >= 0.6 is 24.0 Å². The summed E-state index contributed by atoms with van der Waals surface area (Å²) in [6.07, 6.45) is 0.582. The Morgan fingerprint density at radius 3 is 2.44 bits per heavy atom. The number of halogens is 2. The van der Waals surface area contributed by atoms with Gasteiger partial charge in [0.05, 0.1) is 13.1 Å². The smallest absolute Gasteiger partial charge is 0.251 e. The Kier molecular flexibility index (Phi) is 12.1. The number of carbonyl (C=O) groups excluding carboxylic acids is 2. The molecule has 0 saturated carbocycles. The molecule has 10 heteroatoms. The van der Waals surface area contributed by atoms with E-state index in [1.807, 2.05) is 6.92 Å². The zero-order valence-electron chi connectivity index (χ0n) is 18.1. The lowest BCUT2D eigenvalue weighted by Crippen LogP contribution is -2.42. The van der Waals surface area contributed by atoms with E-state index in [9.17, 15) is 14.0 Å². The fourth-order valence-electron chi connectivity index (χ4n) is 2.66. The lowest BCUT2D eigenvalue weighted by molar-refractivity contribution is -0.117. The van der Waals surface area contributed by atoms with Crippen molar-refractivity contribution in [2.45, 2.75) is 26.0 Å². The molecule has 0 fully saturated rings. The highest BCUT2D eigenvalue weighted by atomic mass is 127. The van der Waals surface area contributed by atoms with E-state index in [1.165, 1.54) is 12.1 Å². The molecule has 8 nitrogen and oxygen atoms in total. The summed E-state index contributed by atoms with van der Waals surface area (Å²) in [5, 5.41) is 8.82. The average molecular weight is 557 g/mol. The summed E-state index contributed by atoms with van der Waals surface area (Å²) in [6.45, 7) is 2.77. The van der Waals surface area contributed by atoms with Gasteiger partial charge >= 0.3 is 0 Å². The molecule has 0 heterocycles. The average Bonchev–Trinajstić information content (AvgIpc) is 2.77. The molecule has 0 radical (unpaired) electrons. The predicted octanol–water partition coefficient (Wildman–Crippen LogP) is 2.18. The van der Waals surface area contributed by atoms with Crippen molar-refractivity contribution in [2.24, 2.45) is 10.7 Å². The molecule has 2 aromatic rings. The second-order valence-corrected chi connectivity index (χ2v) is 6.76. The number of benzene rings is 2. The Hall–Kier alpha value is -2.89. The first kappa shape index (κ1) is 27.1. The number of nitrogens with two attached hydrogens (primary N) is 1. The highest BCUT2D eigenvalue weighted by molar-refractivity contribution is 14.0. The number of ether oxygens (including phenoxy) is 1. The van der Waals surface area contributed by atoms with Crippen molar-refractivity contribution in [3.8, 4) is 5.75 Å². The number of carbonyl (C=O) groups is 2. The third-order valence-electron chi connectivity index (χ3n) is 4.37. The van der Waals surface area contributed by atoms with Crippen LogP contribution in [0.3, 0.4) is 0 Å². The number of nitrogens with one attached hydrogen (secondary N) is 3. The summed E-state index contributed by atoms with van der Waals surface area (Å²) in [7, 11) is 1.66. The SMILES string of the molecule is CCC(CNC(=NC)NCc1ccc(C(=O)NCC(N)=O)cc1)Oc1cccc(F)c1.I. The standard InChI is InChI=1S/C22H28FN5O3.HI/c1-3-18(31-19-6-4-5-17(23)11-19)13-28-22(25-2)27-12-15-7-9-16(10-8-15)21(30)26-14-20(24)29;/h4-11,18H,3,12-14H2,1-2H3,(H2,24,29)(H,26,30)(H2,25,27,28);1H. The van der Waals surface area contributed by atoms with Crippen LogP contribution in [0.5, 0.6) is 5.75 Å². The maximum atomic E-state index is 13.3. The van der Waals surface area contributed by atoms with E-state index >= 15 is 0 Å². The summed E-state index contributed by atoms with van der Waals surface area (Å²) in [4.78, 5) is 26.8. The quantitative estimate of drug-likeness (QED) is 0.203. The van der Waals surface area contributed by atoms with Crippen LogP contribution in [-0.2, 0) is 11.3 Å². The number of hydrogen-bond donors (Lipinski definition) is 4. The number of rotatable bonds is 10. The number of nitrogens with zero attached hydrogens (tertiary/aromatic N) is 1. The van der Waals surface area contributed by atoms with Crippen molar-refractivity contribution in [2.75, 3.05) is 20.1 Å². The summed E-state index contributed by atoms with van der Waals surface area (Å²) in [5.41, 5.74) is 6.40. The van der Waals surface area contributed by atoms with Crippen molar-refractivity contribution in [3.63, 3.8) is 0 Å². The van der Waals surface area contributed by atoms with Crippen molar-refractivity contribution in [3.05, 3.63) is 65.5 Å². The van der Waals surface area contributed by atoms with E-state index in [0.717, 1.165) is 12.0 Å². The molecule has 0 aliphatic rings. The normalized spacial score (nSPS) is 11.7. The van der Waals surface area contributed by atoms with Crippen molar-refractivity contribution in [1.29, 1.82) is 0 Å². The first-order valence-electron chi connectivity index (χ1n) is 9.93. The molecule has 2 amide bonds. The lowest BCUT2D eigenvalue weighted by atomic mass is 10.1. The van der Waals surface area contributed by atoms with Crippen LogP contribution in [0.2, 0.25) is 0 Å². The Morgan fingerprint density at radius 2 is 1.84 bits per heavy atom. The zero-order chi connectivity index (χ0) is 22.6. The highest BCUT2D eigenvalue weighted by Crippen LogP contribution is 2.14. The van der Waals surface area contributed by atoms with Gasteiger partial charge in [-0.1, -0.05) is 25.1 Å². The molecule has 5 N–H and O–H groups in total. The van der Waals surface area contributed by atoms with Gasteiger partial charge in [-0.15, -0.1) is 24.0 Å². The predicted molar refractivity (Wildman–Crippen MR) is 133 cm³/mol. The number of guanidine groups is 1. The Morgan fingerprint density at radius 1 is 1.12 bits per heavy atom. The van der Waals surface area contributed by atoms with E-state index < -0.39 is 5.91 Å². The molecule has 1 atom stereocenters. The Labute approximate surface area is 204 Å². The minimum Gasteiger partial charge on any atom is -0.489 e. The van der Waals surface area contributed by atoms with Gasteiger partial charge in [-0.2, -0.15) is 0 Å². The summed E-state index contributed by atoms with van der Waals surface area (Å²) in [6, 6.07) is 13.0. The molecule has 2 aromatic carbocycles. The molecule has 1 unspecified atom stereocenters. The first-order valence-corrected chi connectivity index (χ1v) is 9.93. The zero-order valence-corrected chi connectivity index (χ0v) is 20.4. The monoisotopic (exact) mass is 557 g/mol. The number of hydrogen-bond acceptors (Lipinski definition) is 4. The minimum atomic E-state index is -0.598. The van der Waals surface area contributed by atoms with Crippen LogP contribution < -0.4 is 26.4 Å². The molecule has 2 rings (SSSR count). The van der Waals surface area contributed by atoms with Crippen molar-refractivity contribution < 1.29 is 18.7 Å². The van der Waals surface area contributed by atoms with Gasteiger partial charge in [0.1, 0.15) is 17.7 Å². The van der Waals surface area contributed by atoms with E-state index in [4.69, 9.17) is 10.5 Å². The van der Waals surface area contributed by atoms with Gasteiger partial charge in [0.15, 0.2) is 5.96 Å². The highest BCUT2D eigenvalue weighted by Gasteiger charge is 2.10. The molecule has 0 aliphatic heterocycles. The van der Waals surface area contributed by atoms with E-state index in [-0.39, 0.29) is 48.3 Å². The van der Waals surface area contributed by atoms with E-state index in [1.54, 1.807) is 43.4 Å². The van der Waals surface area contributed by atoms with Crippen LogP contribution in [0.25, 0.3) is 0 Å². The number of aliphatic imine (C=N–C) groups is 1. The van der Waals surface area contributed by atoms with Gasteiger partial charge in [-0.05, 0) is 36.2 Å². The second kappa shape index (κ2) is 14.2. The van der Waals surface area contributed by atoms with Crippen LogP contribution in [0, 0.1) is 5.82 Å². The van der Waals surface area contributed by atoms with Gasteiger partial charge in [0.25, 0.3) is 5.91 Å². The number of amides is 2. The Balaban J connectivity index is 0.00000512. The number of primary amides is 1. The molecular weight excluding hydrogens is 528 g/mol. The third kappa shape index (κ3) is 9.50. The molecule has 0 spiro atoms. The van der Waals surface area contributed by atoms with Crippen molar-refractivity contribution >= 4 is 41.8 Å². The van der Waals surface area contributed by atoms with Crippen molar-refractivity contribution in [1.82, 2.24) is 16.0 Å². The Bertz CT molecular complexity index is 909. The van der Waals surface area contributed by atoms with Gasteiger partial charge < -0.3 is 26.4 Å². The fraction of sp³-hybridized carbons (Fsp3) is 0.318. The van der Waals surface area contributed by atoms with Crippen LogP contribution in [0.1, 0.15) is 29.3 Å². The molecule has 174 valence electrons. The minimum absolute atomic E-state index is 0. The van der Waals surface area contributed by atoms with E-state index in [0.29, 0.717) is 30.4 Å². The van der Waals surface area contributed by atoms with Gasteiger partial charge in [-0.3, -0.25) is 14.6 Å². The molecule has 0 aromatic heterocycles. The van der Waals surface area contributed by atoms with Crippen LogP contribution in [0.15, 0.2) is 53.5 Å². The fourth-order valence-corrected chi connectivity index (χ4v) is 2.66. The van der Waals surface area contributed by atoms with Gasteiger partial charge in [0.2, 0.25) is 5.91 Å². The lowest BCUT2D eigenvalue weighted by Gasteiger charge is -2.20. The molecule has 0 aliphatic carbocycles. The summed E-state index contributed by atoms with van der Waals surface area (Å²) < 4.78 is 19.1. The largest absolute Gasteiger partial charge is 0.489 e. The van der Waals surface area contributed by atoms with Crippen LogP contribution in [-0.4, -0.2) is 44.0 Å². The maximum Gasteiger partial charge on any atom is 0.251 e. The second-order valence-electron chi connectivity index (χ2n) is 6.76. The maximum absolute atomic E-state index is 13.3. The van der Waals surface area contributed by atoms with E-state index in [2.05, 4.69) is 20.9 Å². The summed E-state index contributed by atoms with van der Waals surface area (Å²) in [5.74, 6) is -0.227. The topological polar surface area (TPSA) is 118 Å². The third-order valence-corrected chi connectivity index (χ3v) is 4.37. The first-order chi connectivity index (χ1) is 14.9. The van der Waals surface area contributed by atoms with Crippen LogP contribution in [0.4, 0.5) is 4.39 Å². The molecule has 0 saturated heterocycles. The van der Waals surface area contributed by atoms with Gasteiger partial charge in [-0.25, -0.2) is 4.39 Å². The summed E-state index contributed by atoms with van der Waals surface area (Å²) >= 11 is 0.